The summed E-state index contributed by atoms with van der Waals surface area (Å²) < 4.78 is 5.22. The first-order valence-corrected chi connectivity index (χ1v) is 5.71. The summed E-state index contributed by atoms with van der Waals surface area (Å²) in [5, 5.41) is 10.3. The first-order chi connectivity index (χ1) is 7.15. The molecule has 0 aromatic carbocycles. The predicted octanol–water partition coefficient (Wildman–Crippen LogP) is 1.58. The molecular formula is C10H13NO3S. The van der Waals surface area contributed by atoms with Crippen LogP contribution in [0, 0.1) is 6.92 Å². The highest BCUT2D eigenvalue weighted by Gasteiger charge is 2.43. The normalized spacial score (nSPS) is 20.1. The minimum Gasteiger partial charge on any atom is -0.481 e. The van der Waals surface area contributed by atoms with Crippen LogP contribution in [0.25, 0.3) is 0 Å². The van der Waals surface area contributed by atoms with E-state index in [0.717, 1.165) is 9.88 Å². The molecule has 0 amide bonds. The largest absolute Gasteiger partial charge is 0.481 e. The van der Waals surface area contributed by atoms with Crippen LogP contribution >= 0.6 is 11.3 Å². The predicted molar refractivity (Wildman–Crippen MR) is 56.2 cm³/mol. The van der Waals surface area contributed by atoms with Crippen LogP contribution in [-0.4, -0.2) is 29.3 Å². The number of carboxylic acid groups (broad SMARTS) is 1. The quantitative estimate of drug-likeness (QED) is 0.833. The molecule has 82 valence electrons. The van der Waals surface area contributed by atoms with Crippen molar-refractivity contribution in [3.63, 3.8) is 0 Å². The van der Waals surface area contributed by atoms with E-state index in [9.17, 15) is 9.90 Å². The fourth-order valence-electron chi connectivity index (χ4n) is 1.87. The fraction of sp³-hybridized carbons (Fsp3) is 0.600. The summed E-state index contributed by atoms with van der Waals surface area (Å²) in [5.41, 5.74) is -0.760. The molecule has 0 spiro atoms. The maximum absolute atomic E-state index is 11.4. The number of aromatic nitrogens is 1. The third kappa shape index (κ3) is 1.77. The van der Waals surface area contributed by atoms with Gasteiger partial charge in [-0.15, -0.1) is 11.3 Å². The smallest absolute Gasteiger partial charge is 0.315 e. The molecule has 1 fully saturated rings. The van der Waals surface area contributed by atoms with Gasteiger partial charge < -0.3 is 9.84 Å². The van der Waals surface area contributed by atoms with Crippen molar-refractivity contribution in [1.29, 1.82) is 0 Å². The van der Waals surface area contributed by atoms with Crippen molar-refractivity contribution in [2.24, 2.45) is 0 Å². The Morgan fingerprint density at radius 2 is 2.27 bits per heavy atom. The molecule has 1 saturated heterocycles. The van der Waals surface area contributed by atoms with Gasteiger partial charge >= 0.3 is 5.97 Å². The average molecular weight is 227 g/mol. The van der Waals surface area contributed by atoms with Crippen molar-refractivity contribution in [3.8, 4) is 0 Å². The zero-order chi connectivity index (χ0) is 10.9. The van der Waals surface area contributed by atoms with Gasteiger partial charge in [-0.25, -0.2) is 4.98 Å². The second kappa shape index (κ2) is 3.90. The number of ether oxygens (including phenoxy) is 1. The molecule has 2 heterocycles. The van der Waals surface area contributed by atoms with E-state index in [4.69, 9.17) is 4.74 Å². The Morgan fingerprint density at radius 1 is 1.60 bits per heavy atom. The fourth-order valence-corrected chi connectivity index (χ4v) is 2.88. The standard InChI is InChI=1S/C10H13NO3S/c1-7-11-6-8(15-7)10(9(12)13)2-4-14-5-3-10/h6H,2-5H2,1H3,(H,12,13). The van der Waals surface area contributed by atoms with Crippen LogP contribution < -0.4 is 0 Å². The van der Waals surface area contributed by atoms with Crippen LogP contribution in [0.15, 0.2) is 6.20 Å². The van der Waals surface area contributed by atoms with E-state index < -0.39 is 11.4 Å². The van der Waals surface area contributed by atoms with Gasteiger partial charge in [0.05, 0.1) is 5.01 Å². The van der Waals surface area contributed by atoms with E-state index >= 15 is 0 Å². The highest BCUT2D eigenvalue weighted by Crippen LogP contribution is 2.37. The maximum atomic E-state index is 11.4. The van der Waals surface area contributed by atoms with Gasteiger partial charge in [-0.3, -0.25) is 4.79 Å². The summed E-state index contributed by atoms with van der Waals surface area (Å²) in [6, 6.07) is 0. The summed E-state index contributed by atoms with van der Waals surface area (Å²) in [7, 11) is 0. The van der Waals surface area contributed by atoms with E-state index in [-0.39, 0.29) is 0 Å². The van der Waals surface area contributed by atoms with Crippen LogP contribution in [0.3, 0.4) is 0 Å². The van der Waals surface area contributed by atoms with Crippen molar-refractivity contribution in [2.75, 3.05) is 13.2 Å². The molecule has 5 heteroatoms. The van der Waals surface area contributed by atoms with Crippen LogP contribution in [-0.2, 0) is 14.9 Å². The number of nitrogens with zero attached hydrogens (tertiary/aromatic N) is 1. The van der Waals surface area contributed by atoms with Crippen molar-refractivity contribution >= 4 is 17.3 Å². The minimum absolute atomic E-state index is 0.517. The van der Waals surface area contributed by atoms with Crippen LogP contribution in [0.4, 0.5) is 0 Å². The molecule has 1 aliphatic heterocycles. The van der Waals surface area contributed by atoms with Gasteiger partial charge in [0, 0.05) is 24.3 Å². The van der Waals surface area contributed by atoms with E-state index in [1.54, 1.807) is 6.20 Å². The summed E-state index contributed by atoms with van der Waals surface area (Å²) in [6.45, 7) is 2.93. The lowest BCUT2D eigenvalue weighted by atomic mass is 9.79. The summed E-state index contributed by atoms with van der Waals surface area (Å²) in [5.74, 6) is -0.755. The van der Waals surface area contributed by atoms with Crippen LogP contribution in [0.2, 0.25) is 0 Å². The van der Waals surface area contributed by atoms with Gasteiger partial charge in [0.2, 0.25) is 0 Å². The van der Waals surface area contributed by atoms with Crippen molar-refractivity contribution in [3.05, 3.63) is 16.1 Å². The van der Waals surface area contributed by atoms with E-state index in [2.05, 4.69) is 4.98 Å². The SMILES string of the molecule is Cc1ncc(C2(C(=O)O)CCOCC2)s1. The second-order valence-electron chi connectivity index (χ2n) is 3.74. The van der Waals surface area contributed by atoms with E-state index in [0.29, 0.717) is 26.1 Å². The lowest BCUT2D eigenvalue weighted by Crippen LogP contribution is -2.40. The van der Waals surface area contributed by atoms with Crippen molar-refractivity contribution in [2.45, 2.75) is 25.2 Å². The number of aryl methyl sites for hydroxylation is 1. The summed E-state index contributed by atoms with van der Waals surface area (Å²) >= 11 is 1.47. The van der Waals surface area contributed by atoms with Gasteiger partial charge in [-0.1, -0.05) is 0 Å². The van der Waals surface area contributed by atoms with Gasteiger partial charge in [0.25, 0.3) is 0 Å². The number of hydrogen-bond acceptors (Lipinski definition) is 4. The topological polar surface area (TPSA) is 59.4 Å². The molecule has 0 radical (unpaired) electrons. The third-order valence-electron chi connectivity index (χ3n) is 2.85. The minimum atomic E-state index is -0.760. The second-order valence-corrected chi connectivity index (χ2v) is 4.98. The molecule has 0 aliphatic carbocycles. The number of aliphatic carboxylic acids is 1. The number of rotatable bonds is 2. The number of hydrogen-bond donors (Lipinski definition) is 1. The Bertz CT molecular complexity index is 368. The highest BCUT2D eigenvalue weighted by atomic mass is 32.1. The summed E-state index contributed by atoms with van der Waals surface area (Å²) in [4.78, 5) is 16.4. The molecule has 2 rings (SSSR count). The zero-order valence-electron chi connectivity index (χ0n) is 8.52. The Morgan fingerprint density at radius 3 is 2.73 bits per heavy atom. The summed E-state index contributed by atoms with van der Waals surface area (Å²) in [6.07, 6.45) is 2.79. The van der Waals surface area contributed by atoms with Crippen LogP contribution in [0.5, 0.6) is 0 Å². The van der Waals surface area contributed by atoms with Crippen molar-refractivity contribution < 1.29 is 14.6 Å². The number of carboxylic acids is 1. The Balaban J connectivity index is 2.37. The van der Waals surface area contributed by atoms with Crippen molar-refractivity contribution in [1.82, 2.24) is 4.98 Å². The Hall–Kier alpha value is -0.940. The molecule has 15 heavy (non-hydrogen) atoms. The molecule has 1 N–H and O–H groups in total. The monoisotopic (exact) mass is 227 g/mol. The molecule has 4 nitrogen and oxygen atoms in total. The zero-order valence-corrected chi connectivity index (χ0v) is 9.34. The molecular weight excluding hydrogens is 214 g/mol. The Kier molecular flexibility index (Phi) is 2.75. The average Bonchev–Trinajstić information content (AvgIpc) is 2.66. The van der Waals surface area contributed by atoms with Crippen LogP contribution in [0.1, 0.15) is 22.7 Å². The molecule has 0 atom stereocenters. The third-order valence-corrected chi connectivity index (χ3v) is 3.97. The van der Waals surface area contributed by atoms with Gasteiger partial charge in [0.1, 0.15) is 5.41 Å². The number of thiazole rings is 1. The molecule has 1 aromatic heterocycles. The highest BCUT2D eigenvalue weighted by molar-refractivity contribution is 7.11. The van der Waals surface area contributed by atoms with Gasteiger partial charge in [-0.2, -0.15) is 0 Å². The molecule has 0 saturated carbocycles. The lowest BCUT2D eigenvalue weighted by molar-refractivity contribution is -0.147. The van der Waals surface area contributed by atoms with E-state index in [1.807, 2.05) is 6.92 Å². The number of carbonyl (C=O) groups is 1. The first kappa shape index (κ1) is 10.6. The van der Waals surface area contributed by atoms with Gasteiger partial charge in [0.15, 0.2) is 0 Å². The molecule has 1 aromatic rings. The molecule has 0 bridgehead atoms. The lowest BCUT2D eigenvalue weighted by Gasteiger charge is -2.31. The first-order valence-electron chi connectivity index (χ1n) is 4.89. The van der Waals surface area contributed by atoms with Gasteiger partial charge in [-0.05, 0) is 19.8 Å². The molecule has 1 aliphatic rings. The van der Waals surface area contributed by atoms with E-state index in [1.165, 1.54) is 11.3 Å². The molecule has 0 unspecified atom stereocenters. The Labute approximate surface area is 91.9 Å². The maximum Gasteiger partial charge on any atom is 0.315 e.